The fourth-order valence-electron chi connectivity index (χ4n) is 3.76. The molecule has 0 fully saturated rings. The fourth-order valence-corrected chi connectivity index (χ4v) is 3.76. The number of rotatable bonds is 15. The number of aromatic nitrogens is 1. The molecule has 6 heteroatoms. The number of carbonyl (C=O) groups excluding carboxylic acids is 1. The summed E-state index contributed by atoms with van der Waals surface area (Å²) < 4.78 is 16.2. The summed E-state index contributed by atoms with van der Waals surface area (Å²) in [6, 6.07) is 11.0. The van der Waals surface area contributed by atoms with Crippen LogP contribution in [0.25, 0.3) is 22.1 Å². The van der Waals surface area contributed by atoms with Crippen molar-refractivity contribution in [3.05, 3.63) is 71.9 Å². The molecule has 2 heterocycles. The average molecular weight is 464 g/mol. The van der Waals surface area contributed by atoms with E-state index in [0.29, 0.717) is 24.4 Å². The zero-order valence-corrected chi connectivity index (χ0v) is 19.7. The van der Waals surface area contributed by atoms with Gasteiger partial charge < -0.3 is 13.9 Å². The van der Waals surface area contributed by atoms with Gasteiger partial charge >= 0.3 is 11.6 Å². The van der Waals surface area contributed by atoms with Crippen molar-refractivity contribution in [2.75, 3.05) is 13.2 Å². The summed E-state index contributed by atoms with van der Waals surface area (Å²) in [5.41, 5.74) is 1.49. The van der Waals surface area contributed by atoms with Gasteiger partial charge in [0.15, 0.2) is 0 Å². The Bertz CT molecular complexity index is 1100. The van der Waals surface area contributed by atoms with Gasteiger partial charge in [0, 0.05) is 23.9 Å². The minimum Gasteiger partial charge on any atom is -0.494 e. The summed E-state index contributed by atoms with van der Waals surface area (Å²) in [4.78, 5) is 27.3. The third-order valence-electron chi connectivity index (χ3n) is 5.67. The molecule has 0 saturated heterocycles. The molecule has 0 N–H and O–H groups in total. The maximum absolute atomic E-state index is 12.3. The van der Waals surface area contributed by atoms with Crippen LogP contribution < -0.4 is 10.4 Å². The van der Waals surface area contributed by atoms with Crippen molar-refractivity contribution < 1.29 is 18.7 Å². The third-order valence-corrected chi connectivity index (χ3v) is 5.67. The smallest absolute Gasteiger partial charge is 0.344 e. The molecule has 6 nitrogen and oxygen atoms in total. The van der Waals surface area contributed by atoms with Crippen molar-refractivity contribution in [2.45, 2.75) is 57.8 Å². The fraction of sp³-hybridized carbons (Fsp3) is 0.393. The molecule has 180 valence electrons. The molecule has 0 aliphatic heterocycles. The van der Waals surface area contributed by atoms with E-state index in [2.05, 4.69) is 11.6 Å². The molecule has 0 atom stereocenters. The molecule has 0 spiro atoms. The molecule has 2 aromatic heterocycles. The topological polar surface area (TPSA) is 78.6 Å². The number of pyridine rings is 1. The Labute approximate surface area is 200 Å². The summed E-state index contributed by atoms with van der Waals surface area (Å²) in [7, 11) is 0. The van der Waals surface area contributed by atoms with E-state index in [9.17, 15) is 9.59 Å². The van der Waals surface area contributed by atoms with Crippen LogP contribution in [0.2, 0.25) is 0 Å². The first-order chi connectivity index (χ1) is 16.7. The van der Waals surface area contributed by atoms with Crippen LogP contribution in [0.4, 0.5) is 0 Å². The van der Waals surface area contributed by atoms with Gasteiger partial charge in [0.2, 0.25) is 0 Å². The Balaban J connectivity index is 1.26. The van der Waals surface area contributed by atoms with Crippen molar-refractivity contribution in [3.8, 4) is 16.9 Å². The van der Waals surface area contributed by atoms with Crippen LogP contribution in [0.3, 0.4) is 0 Å². The van der Waals surface area contributed by atoms with Crippen LogP contribution >= 0.6 is 0 Å². The molecular weight excluding hydrogens is 430 g/mol. The van der Waals surface area contributed by atoms with E-state index >= 15 is 0 Å². The van der Waals surface area contributed by atoms with E-state index in [-0.39, 0.29) is 11.6 Å². The summed E-state index contributed by atoms with van der Waals surface area (Å²) in [6.45, 7) is 4.56. The maximum atomic E-state index is 12.3. The normalized spacial score (nSPS) is 10.8. The molecule has 3 rings (SSSR count). The number of carbonyl (C=O) groups is 1. The van der Waals surface area contributed by atoms with E-state index in [1.807, 2.05) is 30.3 Å². The highest BCUT2D eigenvalue weighted by atomic mass is 16.5. The molecule has 0 radical (unpaired) electrons. The predicted molar refractivity (Wildman–Crippen MR) is 134 cm³/mol. The lowest BCUT2D eigenvalue weighted by atomic mass is 10.1. The van der Waals surface area contributed by atoms with E-state index < -0.39 is 0 Å². The van der Waals surface area contributed by atoms with E-state index in [1.54, 1.807) is 18.5 Å². The van der Waals surface area contributed by atoms with Crippen LogP contribution in [0.5, 0.6) is 5.75 Å². The lowest BCUT2D eigenvalue weighted by Gasteiger charge is -2.08. The second-order valence-corrected chi connectivity index (χ2v) is 8.29. The van der Waals surface area contributed by atoms with Crippen LogP contribution in [-0.2, 0) is 9.53 Å². The second kappa shape index (κ2) is 14.0. The van der Waals surface area contributed by atoms with Gasteiger partial charge in [-0.3, -0.25) is 4.98 Å². The second-order valence-electron chi connectivity index (χ2n) is 8.29. The molecular formula is C28H33NO5. The van der Waals surface area contributed by atoms with Gasteiger partial charge in [0.25, 0.3) is 0 Å². The summed E-state index contributed by atoms with van der Waals surface area (Å²) in [5.74, 6) is 0.462. The van der Waals surface area contributed by atoms with E-state index in [4.69, 9.17) is 13.9 Å². The number of ether oxygens (including phenoxy) is 2. The number of unbranched alkanes of at least 4 members (excludes halogenated alkanes) is 8. The van der Waals surface area contributed by atoms with Gasteiger partial charge in [0.1, 0.15) is 11.3 Å². The van der Waals surface area contributed by atoms with Gasteiger partial charge in [-0.25, -0.2) is 9.59 Å². The largest absolute Gasteiger partial charge is 0.494 e. The first-order valence-corrected chi connectivity index (χ1v) is 12.1. The molecule has 34 heavy (non-hydrogen) atoms. The van der Waals surface area contributed by atoms with Gasteiger partial charge in [-0.15, -0.1) is 0 Å². The number of hydrogen-bond donors (Lipinski definition) is 0. The summed E-state index contributed by atoms with van der Waals surface area (Å²) >= 11 is 0. The van der Waals surface area contributed by atoms with E-state index in [1.165, 1.54) is 38.2 Å². The number of fused-ring (bicyclic) bond motifs is 1. The number of nitrogens with zero attached hydrogens (tertiary/aromatic N) is 1. The molecule has 1 aromatic carbocycles. The molecule has 0 aliphatic carbocycles. The quantitative estimate of drug-likeness (QED) is 0.146. The number of benzene rings is 1. The highest BCUT2D eigenvalue weighted by Gasteiger charge is 2.08. The zero-order chi connectivity index (χ0) is 24.0. The molecule has 3 aromatic rings. The maximum Gasteiger partial charge on any atom is 0.344 e. The van der Waals surface area contributed by atoms with Crippen molar-refractivity contribution in [3.63, 3.8) is 0 Å². The van der Waals surface area contributed by atoms with Crippen LogP contribution in [0.15, 0.2) is 70.7 Å². The van der Waals surface area contributed by atoms with Gasteiger partial charge in [-0.05, 0) is 42.7 Å². The predicted octanol–water partition coefficient (Wildman–Crippen LogP) is 6.47. The SMILES string of the molecule is C=CC(=O)OCCCCCCCCCCCOc1ccc(-c2cc3cnccc3oc2=O)cc1. The standard InChI is InChI=1S/C28H33NO5/c1-2-27(30)33-19-11-9-7-5-3-4-6-8-10-18-32-24-14-12-22(13-15-24)25-20-23-21-29-17-16-26(23)34-28(25)31/h2,12-17,20-21H,1,3-11,18-19H2. The summed E-state index contributed by atoms with van der Waals surface area (Å²) in [5, 5.41) is 0.795. The Morgan fingerprint density at radius 1 is 0.912 bits per heavy atom. The van der Waals surface area contributed by atoms with Gasteiger partial charge in [-0.1, -0.05) is 63.7 Å². The van der Waals surface area contributed by atoms with Crippen molar-refractivity contribution in [1.82, 2.24) is 4.98 Å². The highest BCUT2D eigenvalue weighted by Crippen LogP contribution is 2.23. The third kappa shape index (κ3) is 8.18. The lowest BCUT2D eigenvalue weighted by molar-refractivity contribution is -0.137. The van der Waals surface area contributed by atoms with Crippen LogP contribution in [0.1, 0.15) is 57.8 Å². The average Bonchev–Trinajstić information content (AvgIpc) is 2.86. The van der Waals surface area contributed by atoms with Crippen LogP contribution in [-0.4, -0.2) is 24.2 Å². The highest BCUT2D eigenvalue weighted by molar-refractivity contribution is 5.81. The molecule has 0 bridgehead atoms. The van der Waals surface area contributed by atoms with Gasteiger partial charge in [-0.2, -0.15) is 0 Å². The van der Waals surface area contributed by atoms with Crippen molar-refractivity contribution >= 4 is 16.9 Å². The first kappa shape index (κ1) is 25.2. The zero-order valence-electron chi connectivity index (χ0n) is 19.7. The first-order valence-electron chi connectivity index (χ1n) is 12.1. The Morgan fingerprint density at radius 3 is 2.24 bits per heavy atom. The minimum absolute atomic E-state index is 0.339. The number of hydrogen-bond acceptors (Lipinski definition) is 6. The van der Waals surface area contributed by atoms with Crippen molar-refractivity contribution in [2.24, 2.45) is 0 Å². The van der Waals surface area contributed by atoms with Crippen LogP contribution in [0, 0.1) is 0 Å². The minimum atomic E-state index is -0.360. The van der Waals surface area contributed by atoms with E-state index in [0.717, 1.165) is 42.4 Å². The van der Waals surface area contributed by atoms with Gasteiger partial charge in [0.05, 0.1) is 18.8 Å². The lowest BCUT2D eigenvalue weighted by Crippen LogP contribution is -2.03. The van der Waals surface area contributed by atoms with Crippen molar-refractivity contribution in [1.29, 1.82) is 0 Å². The monoisotopic (exact) mass is 463 g/mol. The number of esters is 1. The summed E-state index contributed by atoms with van der Waals surface area (Å²) in [6.07, 6.45) is 14.8. The molecule has 0 amide bonds. The molecule has 0 saturated carbocycles. The Morgan fingerprint density at radius 2 is 1.56 bits per heavy atom. The Kier molecular flexibility index (Phi) is 10.4. The molecule has 0 unspecified atom stereocenters. The molecule has 0 aliphatic rings. The Hall–Kier alpha value is -3.41.